The maximum atomic E-state index is 13.0. The van der Waals surface area contributed by atoms with Crippen LogP contribution in [0.15, 0.2) is 49.2 Å². The number of amides is 1. The molecule has 3 aromatic heterocycles. The number of imidazole rings is 1. The molecule has 1 aliphatic rings. The Labute approximate surface area is 150 Å². The van der Waals surface area contributed by atoms with Crippen LogP contribution in [-0.4, -0.2) is 56.5 Å². The molecule has 1 unspecified atom stereocenters. The van der Waals surface area contributed by atoms with Crippen LogP contribution in [-0.2, 0) is 16.1 Å². The lowest BCUT2D eigenvalue weighted by Gasteiger charge is -2.33. The third-order valence-corrected chi connectivity index (χ3v) is 4.39. The third-order valence-electron chi connectivity index (χ3n) is 4.39. The summed E-state index contributed by atoms with van der Waals surface area (Å²) in [5.74, 6) is 0.554. The Kier molecular flexibility index (Phi) is 4.85. The predicted octanol–water partition coefficient (Wildman–Crippen LogP) is 0.814. The zero-order chi connectivity index (χ0) is 17.8. The fraction of sp³-hybridized carbons (Fsp3) is 0.333. The molecule has 26 heavy (non-hydrogen) atoms. The van der Waals surface area contributed by atoms with E-state index in [0.29, 0.717) is 38.6 Å². The largest absolute Gasteiger partial charge is 0.379 e. The number of carbonyl (C=O) groups excluding carboxylic acids is 1. The van der Waals surface area contributed by atoms with Crippen molar-refractivity contribution in [1.82, 2.24) is 29.6 Å². The molecule has 0 saturated carbocycles. The summed E-state index contributed by atoms with van der Waals surface area (Å²) in [6.07, 6.45) is 8.90. The van der Waals surface area contributed by atoms with E-state index in [1.165, 1.54) is 0 Å². The average molecular weight is 352 g/mol. The topological polar surface area (TPSA) is 84.7 Å². The van der Waals surface area contributed by atoms with Gasteiger partial charge in [-0.3, -0.25) is 19.1 Å². The van der Waals surface area contributed by atoms with Crippen LogP contribution < -0.4 is 5.32 Å². The van der Waals surface area contributed by atoms with E-state index >= 15 is 0 Å². The minimum absolute atomic E-state index is 0.0649. The zero-order valence-corrected chi connectivity index (χ0v) is 14.3. The van der Waals surface area contributed by atoms with Gasteiger partial charge in [0.25, 0.3) is 0 Å². The molecular formula is C18H20N6O2. The Hall–Kier alpha value is -2.84. The van der Waals surface area contributed by atoms with E-state index in [-0.39, 0.29) is 11.9 Å². The molecule has 1 N–H and O–H groups in total. The molecule has 8 heteroatoms. The molecule has 1 saturated heterocycles. The third kappa shape index (κ3) is 3.56. The van der Waals surface area contributed by atoms with Gasteiger partial charge in [0.15, 0.2) is 0 Å². The summed E-state index contributed by atoms with van der Waals surface area (Å²) in [4.78, 5) is 27.9. The molecule has 0 aliphatic carbocycles. The summed E-state index contributed by atoms with van der Waals surface area (Å²) in [5.41, 5.74) is 1.65. The van der Waals surface area contributed by atoms with Crippen molar-refractivity contribution in [1.29, 1.82) is 0 Å². The Morgan fingerprint density at radius 3 is 2.92 bits per heavy atom. The van der Waals surface area contributed by atoms with Crippen molar-refractivity contribution in [2.75, 3.05) is 26.3 Å². The van der Waals surface area contributed by atoms with Crippen molar-refractivity contribution < 1.29 is 9.53 Å². The highest BCUT2D eigenvalue weighted by Gasteiger charge is 2.29. The van der Waals surface area contributed by atoms with Gasteiger partial charge in [0.05, 0.1) is 25.5 Å². The second kappa shape index (κ2) is 7.59. The van der Waals surface area contributed by atoms with E-state index in [2.05, 4.69) is 25.2 Å². The van der Waals surface area contributed by atoms with Gasteiger partial charge in [0.1, 0.15) is 6.04 Å². The molecular weight excluding hydrogens is 332 g/mol. The number of fused-ring (bicyclic) bond motifs is 1. The Morgan fingerprint density at radius 1 is 1.27 bits per heavy atom. The van der Waals surface area contributed by atoms with Crippen molar-refractivity contribution in [3.8, 4) is 0 Å². The normalized spacial score (nSPS) is 16.5. The standard InChI is InChI=1S/C18H20N6O2/c25-17(21-12-15-13-24-6-2-5-20-18(24)22-15)16(14-3-1-4-19-11-14)23-7-9-26-10-8-23/h1-6,11,13,16H,7-10,12H2,(H,21,25). The number of carbonyl (C=O) groups is 1. The van der Waals surface area contributed by atoms with E-state index in [1.54, 1.807) is 18.6 Å². The van der Waals surface area contributed by atoms with Gasteiger partial charge in [-0.05, 0) is 17.7 Å². The van der Waals surface area contributed by atoms with Crippen LogP contribution in [0.4, 0.5) is 0 Å². The molecule has 134 valence electrons. The molecule has 0 radical (unpaired) electrons. The van der Waals surface area contributed by atoms with Gasteiger partial charge in [-0.2, -0.15) is 0 Å². The van der Waals surface area contributed by atoms with Crippen LogP contribution >= 0.6 is 0 Å². The van der Waals surface area contributed by atoms with Gasteiger partial charge in [0, 0.05) is 44.1 Å². The number of hydrogen-bond acceptors (Lipinski definition) is 6. The molecule has 0 aromatic carbocycles. The maximum Gasteiger partial charge on any atom is 0.242 e. The molecule has 1 aliphatic heterocycles. The molecule has 4 rings (SSSR count). The lowest BCUT2D eigenvalue weighted by Crippen LogP contribution is -2.45. The van der Waals surface area contributed by atoms with Crippen molar-refractivity contribution in [2.24, 2.45) is 0 Å². The number of nitrogens with zero attached hydrogens (tertiary/aromatic N) is 5. The molecule has 4 heterocycles. The molecule has 0 spiro atoms. The molecule has 1 fully saturated rings. The molecule has 1 atom stereocenters. The van der Waals surface area contributed by atoms with Crippen molar-refractivity contribution in [2.45, 2.75) is 12.6 Å². The first-order valence-electron chi connectivity index (χ1n) is 8.59. The maximum absolute atomic E-state index is 13.0. The molecule has 3 aromatic rings. The monoisotopic (exact) mass is 352 g/mol. The summed E-state index contributed by atoms with van der Waals surface area (Å²) in [7, 11) is 0. The lowest BCUT2D eigenvalue weighted by atomic mass is 10.1. The zero-order valence-electron chi connectivity index (χ0n) is 14.3. The van der Waals surface area contributed by atoms with E-state index < -0.39 is 0 Å². The highest BCUT2D eigenvalue weighted by Crippen LogP contribution is 2.21. The molecule has 0 bridgehead atoms. The number of hydrogen-bond donors (Lipinski definition) is 1. The second-order valence-electron chi connectivity index (χ2n) is 6.11. The highest BCUT2D eigenvalue weighted by atomic mass is 16.5. The number of morpholine rings is 1. The fourth-order valence-corrected chi connectivity index (χ4v) is 3.14. The SMILES string of the molecule is O=C(NCc1cn2cccnc2n1)C(c1cccnc1)N1CCOCC1. The highest BCUT2D eigenvalue weighted by molar-refractivity contribution is 5.83. The average Bonchev–Trinajstić information content (AvgIpc) is 3.11. The Bertz CT molecular complexity index is 843. The van der Waals surface area contributed by atoms with Crippen molar-refractivity contribution in [3.05, 3.63) is 60.4 Å². The number of aromatic nitrogens is 4. The van der Waals surface area contributed by atoms with Crippen LogP contribution in [0.25, 0.3) is 5.78 Å². The van der Waals surface area contributed by atoms with Gasteiger partial charge in [-0.15, -0.1) is 0 Å². The summed E-state index contributed by atoms with van der Waals surface area (Å²) in [5, 5.41) is 3.00. The first-order valence-corrected chi connectivity index (χ1v) is 8.59. The smallest absolute Gasteiger partial charge is 0.242 e. The number of rotatable bonds is 5. The predicted molar refractivity (Wildman–Crippen MR) is 94.2 cm³/mol. The Morgan fingerprint density at radius 2 is 2.15 bits per heavy atom. The van der Waals surface area contributed by atoms with Gasteiger partial charge in [0.2, 0.25) is 11.7 Å². The van der Waals surface area contributed by atoms with Crippen molar-refractivity contribution in [3.63, 3.8) is 0 Å². The number of pyridine rings is 1. The summed E-state index contributed by atoms with van der Waals surface area (Å²) in [6.45, 7) is 3.03. The first kappa shape index (κ1) is 16.6. The van der Waals surface area contributed by atoms with E-state index in [4.69, 9.17) is 4.74 Å². The number of nitrogens with one attached hydrogen (secondary N) is 1. The van der Waals surface area contributed by atoms with Crippen LogP contribution in [0.1, 0.15) is 17.3 Å². The van der Waals surface area contributed by atoms with Crippen LogP contribution in [0.2, 0.25) is 0 Å². The summed E-state index contributed by atoms with van der Waals surface area (Å²) < 4.78 is 7.26. The van der Waals surface area contributed by atoms with Crippen LogP contribution in [0.5, 0.6) is 0 Å². The van der Waals surface area contributed by atoms with E-state index in [1.807, 2.05) is 35.0 Å². The second-order valence-corrected chi connectivity index (χ2v) is 6.11. The van der Waals surface area contributed by atoms with Crippen molar-refractivity contribution >= 4 is 11.7 Å². The minimum Gasteiger partial charge on any atom is -0.379 e. The quantitative estimate of drug-likeness (QED) is 0.732. The van der Waals surface area contributed by atoms with E-state index in [0.717, 1.165) is 11.3 Å². The van der Waals surface area contributed by atoms with E-state index in [9.17, 15) is 4.79 Å². The fourth-order valence-electron chi connectivity index (χ4n) is 3.14. The first-order chi connectivity index (χ1) is 12.8. The summed E-state index contributed by atoms with van der Waals surface area (Å²) in [6, 6.07) is 5.24. The summed E-state index contributed by atoms with van der Waals surface area (Å²) >= 11 is 0. The van der Waals surface area contributed by atoms with Gasteiger partial charge < -0.3 is 10.1 Å². The number of ether oxygens (including phenoxy) is 1. The van der Waals surface area contributed by atoms with Gasteiger partial charge in [-0.25, -0.2) is 9.97 Å². The van der Waals surface area contributed by atoms with Gasteiger partial charge in [-0.1, -0.05) is 6.07 Å². The van der Waals surface area contributed by atoms with Gasteiger partial charge >= 0.3 is 0 Å². The molecule has 8 nitrogen and oxygen atoms in total. The lowest BCUT2D eigenvalue weighted by molar-refractivity contribution is -0.128. The molecule has 1 amide bonds. The van der Waals surface area contributed by atoms with Crippen LogP contribution in [0, 0.1) is 0 Å². The Balaban J connectivity index is 1.50. The minimum atomic E-state index is -0.386. The van der Waals surface area contributed by atoms with Crippen LogP contribution in [0.3, 0.4) is 0 Å².